The van der Waals surface area contributed by atoms with E-state index in [9.17, 15) is 9.59 Å². The van der Waals surface area contributed by atoms with E-state index < -0.39 is 12.5 Å². The van der Waals surface area contributed by atoms with Crippen molar-refractivity contribution in [2.45, 2.75) is 13.3 Å². The number of carboxylic acids is 1. The number of rotatable bonds is 6. The summed E-state index contributed by atoms with van der Waals surface area (Å²) in [5.74, 6) is -1.35. The number of hydrogen-bond donors (Lipinski definition) is 2. The van der Waals surface area contributed by atoms with Crippen LogP contribution in [0.4, 0.5) is 5.69 Å². The van der Waals surface area contributed by atoms with Crippen molar-refractivity contribution >= 4 is 29.2 Å². The smallest absolute Gasteiger partial charge is 0.323 e. The average molecular weight is 285 g/mol. The number of amides is 1. The number of nitrogens with zero attached hydrogens (tertiary/aromatic N) is 1. The van der Waals surface area contributed by atoms with Crippen LogP contribution in [0.25, 0.3) is 0 Å². The quantitative estimate of drug-likeness (QED) is 0.833. The van der Waals surface area contributed by atoms with Crippen LogP contribution in [0.3, 0.4) is 0 Å². The monoisotopic (exact) mass is 284 g/mol. The Morgan fingerprint density at radius 3 is 2.68 bits per heavy atom. The molecule has 1 aromatic rings. The highest BCUT2D eigenvalue weighted by molar-refractivity contribution is 6.30. The molecule has 0 bridgehead atoms. The lowest BCUT2D eigenvalue weighted by molar-refractivity contribution is -0.136. The van der Waals surface area contributed by atoms with Crippen LogP contribution in [0.5, 0.6) is 0 Å². The maximum absolute atomic E-state index is 12.1. The Morgan fingerprint density at radius 1 is 1.47 bits per heavy atom. The molecular formula is C13H17ClN2O3. The van der Waals surface area contributed by atoms with Gasteiger partial charge in [0.2, 0.25) is 5.91 Å². The molecule has 19 heavy (non-hydrogen) atoms. The topological polar surface area (TPSA) is 83.6 Å². The van der Waals surface area contributed by atoms with Gasteiger partial charge in [0.15, 0.2) is 0 Å². The van der Waals surface area contributed by atoms with Gasteiger partial charge in [0.25, 0.3) is 0 Å². The van der Waals surface area contributed by atoms with Gasteiger partial charge in [-0.15, -0.1) is 0 Å². The first-order chi connectivity index (χ1) is 8.93. The zero-order chi connectivity index (χ0) is 14.4. The Balaban J connectivity index is 2.94. The van der Waals surface area contributed by atoms with E-state index in [0.717, 1.165) is 0 Å². The standard InChI is InChI=1S/C13H17ClN2O3/c1-9(7-15)5-12(17)16(8-13(18)19)11-4-2-3-10(14)6-11/h2-4,6,9H,5,7-8,15H2,1H3,(H,18,19). The Hall–Kier alpha value is -1.59. The molecular weight excluding hydrogens is 268 g/mol. The molecule has 104 valence electrons. The highest BCUT2D eigenvalue weighted by Crippen LogP contribution is 2.21. The minimum Gasteiger partial charge on any atom is -0.480 e. The molecule has 0 radical (unpaired) electrons. The van der Waals surface area contributed by atoms with Gasteiger partial charge in [-0.3, -0.25) is 9.59 Å². The number of anilines is 1. The number of carbonyl (C=O) groups is 2. The fraction of sp³-hybridized carbons (Fsp3) is 0.385. The summed E-state index contributed by atoms with van der Waals surface area (Å²) in [5.41, 5.74) is 5.95. The Morgan fingerprint density at radius 2 is 2.16 bits per heavy atom. The van der Waals surface area contributed by atoms with E-state index in [0.29, 0.717) is 17.3 Å². The van der Waals surface area contributed by atoms with Gasteiger partial charge in [-0.2, -0.15) is 0 Å². The summed E-state index contributed by atoms with van der Waals surface area (Å²) in [7, 11) is 0. The number of carboxylic acid groups (broad SMARTS) is 1. The van der Waals surface area contributed by atoms with Crippen LogP contribution in [0.1, 0.15) is 13.3 Å². The lowest BCUT2D eigenvalue weighted by Crippen LogP contribution is -2.37. The van der Waals surface area contributed by atoms with E-state index >= 15 is 0 Å². The molecule has 0 spiro atoms. The molecule has 0 saturated heterocycles. The van der Waals surface area contributed by atoms with Crippen molar-refractivity contribution in [2.24, 2.45) is 11.7 Å². The lowest BCUT2D eigenvalue weighted by atomic mass is 10.1. The number of benzene rings is 1. The molecule has 0 aliphatic rings. The van der Waals surface area contributed by atoms with Crippen LogP contribution >= 0.6 is 11.6 Å². The second-order valence-corrected chi connectivity index (χ2v) is 4.83. The highest BCUT2D eigenvalue weighted by Gasteiger charge is 2.20. The summed E-state index contributed by atoms with van der Waals surface area (Å²) >= 11 is 5.86. The molecule has 0 aromatic heterocycles. The number of aliphatic carboxylic acids is 1. The number of halogens is 1. The minimum absolute atomic E-state index is 0.00276. The summed E-state index contributed by atoms with van der Waals surface area (Å²) in [4.78, 5) is 24.2. The zero-order valence-corrected chi connectivity index (χ0v) is 11.4. The average Bonchev–Trinajstić information content (AvgIpc) is 2.35. The molecule has 3 N–H and O–H groups in total. The van der Waals surface area contributed by atoms with Crippen molar-refractivity contribution in [2.75, 3.05) is 18.0 Å². The minimum atomic E-state index is -1.08. The van der Waals surface area contributed by atoms with E-state index in [1.165, 1.54) is 4.90 Å². The third-order valence-corrected chi connectivity index (χ3v) is 2.87. The fourth-order valence-corrected chi connectivity index (χ4v) is 1.78. The van der Waals surface area contributed by atoms with Crippen LogP contribution in [-0.2, 0) is 9.59 Å². The Bertz CT molecular complexity index is 465. The summed E-state index contributed by atoms with van der Waals surface area (Å²) in [6.45, 7) is 1.83. The summed E-state index contributed by atoms with van der Waals surface area (Å²) < 4.78 is 0. The van der Waals surface area contributed by atoms with Crippen LogP contribution in [0, 0.1) is 5.92 Å². The molecule has 0 aliphatic carbocycles. The molecule has 0 fully saturated rings. The van der Waals surface area contributed by atoms with Gasteiger partial charge in [0.05, 0.1) is 0 Å². The highest BCUT2D eigenvalue weighted by atomic mass is 35.5. The van der Waals surface area contributed by atoms with Gasteiger partial charge >= 0.3 is 5.97 Å². The third kappa shape index (κ3) is 4.89. The maximum atomic E-state index is 12.1. The van der Waals surface area contributed by atoms with Gasteiger partial charge in [0.1, 0.15) is 6.54 Å². The number of nitrogens with two attached hydrogens (primary N) is 1. The van der Waals surface area contributed by atoms with Crippen LogP contribution in [0.15, 0.2) is 24.3 Å². The molecule has 1 unspecified atom stereocenters. The van der Waals surface area contributed by atoms with Crippen molar-refractivity contribution in [3.05, 3.63) is 29.3 Å². The maximum Gasteiger partial charge on any atom is 0.323 e. The normalized spacial score (nSPS) is 11.9. The first kappa shape index (κ1) is 15.5. The first-order valence-corrected chi connectivity index (χ1v) is 6.29. The lowest BCUT2D eigenvalue weighted by Gasteiger charge is -2.22. The van der Waals surface area contributed by atoms with Gasteiger partial charge in [-0.05, 0) is 30.7 Å². The zero-order valence-electron chi connectivity index (χ0n) is 10.7. The largest absolute Gasteiger partial charge is 0.480 e. The van der Waals surface area contributed by atoms with Gasteiger partial charge in [-0.1, -0.05) is 24.6 Å². The molecule has 1 rings (SSSR count). The fourth-order valence-electron chi connectivity index (χ4n) is 1.59. The second kappa shape index (κ2) is 7.11. The van der Waals surface area contributed by atoms with Gasteiger partial charge in [-0.25, -0.2) is 0 Å². The molecule has 0 aliphatic heterocycles. The van der Waals surface area contributed by atoms with Gasteiger partial charge in [0, 0.05) is 17.1 Å². The Kier molecular flexibility index (Phi) is 5.79. The summed E-state index contributed by atoms with van der Waals surface area (Å²) in [6.07, 6.45) is 0.205. The number of carbonyl (C=O) groups excluding carboxylic acids is 1. The third-order valence-electron chi connectivity index (χ3n) is 2.64. The first-order valence-electron chi connectivity index (χ1n) is 5.91. The van der Waals surface area contributed by atoms with Crippen molar-refractivity contribution in [1.82, 2.24) is 0 Å². The predicted molar refractivity (Wildman–Crippen MR) is 74.3 cm³/mol. The SMILES string of the molecule is CC(CN)CC(=O)N(CC(=O)O)c1cccc(Cl)c1. The molecule has 5 nitrogen and oxygen atoms in total. The molecule has 1 amide bonds. The Labute approximate surface area is 117 Å². The number of hydrogen-bond acceptors (Lipinski definition) is 3. The van der Waals surface area contributed by atoms with Gasteiger partial charge < -0.3 is 15.7 Å². The molecule has 1 aromatic carbocycles. The second-order valence-electron chi connectivity index (χ2n) is 4.40. The van der Waals surface area contributed by atoms with E-state index in [2.05, 4.69) is 0 Å². The van der Waals surface area contributed by atoms with Crippen molar-refractivity contribution in [3.8, 4) is 0 Å². The van der Waals surface area contributed by atoms with Crippen LogP contribution in [-0.4, -0.2) is 30.1 Å². The molecule has 0 saturated carbocycles. The predicted octanol–water partition coefficient (Wildman–Crippen LogP) is 1.74. The van der Waals surface area contributed by atoms with Crippen LogP contribution in [0.2, 0.25) is 5.02 Å². The molecule has 1 atom stereocenters. The summed E-state index contributed by atoms with van der Waals surface area (Å²) in [6, 6.07) is 6.55. The molecule has 0 heterocycles. The molecule has 6 heteroatoms. The van der Waals surface area contributed by atoms with E-state index in [-0.39, 0.29) is 18.2 Å². The van der Waals surface area contributed by atoms with Crippen molar-refractivity contribution in [1.29, 1.82) is 0 Å². The van der Waals surface area contributed by atoms with E-state index in [4.69, 9.17) is 22.4 Å². The van der Waals surface area contributed by atoms with Crippen LogP contribution < -0.4 is 10.6 Å². The van der Waals surface area contributed by atoms with Crippen molar-refractivity contribution in [3.63, 3.8) is 0 Å². The van der Waals surface area contributed by atoms with E-state index in [1.807, 2.05) is 6.92 Å². The van der Waals surface area contributed by atoms with E-state index in [1.54, 1.807) is 24.3 Å². The summed E-state index contributed by atoms with van der Waals surface area (Å²) in [5, 5.41) is 9.35. The van der Waals surface area contributed by atoms with Crippen molar-refractivity contribution < 1.29 is 14.7 Å².